The van der Waals surface area contributed by atoms with E-state index in [0.29, 0.717) is 0 Å². The van der Waals surface area contributed by atoms with Crippen molar-refractivity contribution in [3.05, 3.63) is 49.1 Å². The van der Waals surface area contributed by atoms with Crippen LogP contribution in [0, 0.1) is 0 Å². The summed E-state index contributed by atoms with van der Waals surface area (Å²) in [5.41, 5.74) is 1.40. The van der Waals surface area contributed by atoms with Crippen LogP contribution in [-0.2, 0) is 0 Å². The van der Waals surface area contributed by atoms with Gasteiger partial charge in [-0.2, -0.15) is 0 Å². The molecule has 0 atom stereocenters. The van der Waals surface area contributed by atoms with Gasteiger partial charge in [0.25, 0.3) is 0 Å². The molecule has 0 aromatic carbocycles. The van der Waals surface area contributed by atoms with Crippen LogP contribution in [0.2, 0.25) is 0 Å². The molecule has 0 fully saturated rings. The van der Waals surface area contributed by atoms with Crippen molar-refractivity contribution in [2.45, 2.75) is 52.9 Å². The minimum absolute atomic E-state index is 1.10. The van der Waals surface area contributed by atoms with Gasteiger partial charge in [-0.15, -0.1) is 13.2 Å². The molecule has 0 aliphatic heterocycles. The highest BCUT2D eigenvalue weighted by Gasteiger charge is 1.76. The topological polar surface area (TPSA) is 0 Å². The molecule has 0 nitrogen and oxygen atoms in total. The highest BCUT2D eigenvalue weighted by atomic mass is 13.8. The van der Waals surface area contributed by atoms with E-state index in [-0.39, 0.29) is 0 Å². The van der Waals surface area contributed by atoms with E-state index in [1.54, 1.807) is 0 Å². The van der Waals surface area contributed by atoms with Crippen LogP contribution in [0.4, 0.5) is 0 Å². The van der Waals surface area contributed by atoms with E-state index in [2.05, 4.69) is 45.2 Å². The lowest BCUT2D eigenvalue weighted by molar-refractivity contribution is 0.869. The van der Waals surface area contributed by atoms with Crippen molar-refractivity contribution in [2.24, 2.45) is 0 Å². The number of allylic oxidation sites excluding steroid dienone is 6. The van der Waals surface area contributed by atoms with Crippen molar-refractivity contribution in [2.75, 3.05) is 0 Å². The maximum absolute atomic E-state index is 3.63. The fraction of sp³-hybridized carbons (Fsp3) is 0.500. The molecule has 0 aliphatic carbocycles. The lowest BCUT2D eigenvalue weighted by atomic mass is 10.2. The molecule has 0 heteroatoms. The van der Waals surface area contributed by atoms with Crippen molar-refractivity contribution in [3.63, 3.8) is 0 Å². The lowest BCUT2D eigenvalue weighted by Gasteiger charge is -1.86. The van der Waals surface area contributed by atoms with Crippen LogP contribution in [0.25, 0.3) is 0 Å². The number of hydrogen-bond donors (Lipinski definition) is 0. The average Bonchev–Trinajstić information content (AvgIpc) is 2.25. The summed E-state index contributed by atoms with van der Waals surface area (Å²) in [5.74, 6) is 0. The van der Waals surface area contributed by atoms with Gasteiger partial charge >= 0.3 is 0 Å². The van der Waals surface area contributed by atoms with Crippen molar-refractivity contribution >= 4 is 0 Å². The first kappa shape index (κ1) is 17.4. The smallest absolute Gasteiger partial charge is 0.0314 e. The van der Waals surface area contributed by atoms with Crippen LogP contribution in [0.3, 0.4) is 0 Å². The molecule has 0 unspecified atom stereocenters. The quantitative estimate of drug-likeness (QED) is 0.373. The molecule has 0 rings (SSSR count). The van der Waals surface area contributed by atoms with E-state index in [1.807, 2.05) is 19.1 Å². The van der Waals surface area contributed by atoms with Crippen LogP contribution >= 0.6 is 0 Å². The second kappa shape index (κ2) is 16.4. The molecule has 0 amide bonds. The third kappa shape index (κ3) is 23.1. The standard InChI is InChI=1S/2C8H14/c1-4-5-6-7-8(2)3;1-3-5-7-8-6-4-2/h4,7H,1,5-6H2,2-3H3;3-4,6H,1,5,7-8H2,2H3. The predicted octanol–water partition coefficient (Wildman–Crippen LogP) is 5.84. The molecule has 0 spiro atoms. The summed E-state index contributed by atoms with van der Waals surface area (Å²) in [6.45, 7) is 13.5. The molecule has 0 N–H and O–H groups in total. The van der Waals surface area contributed by atoms with Crippen molar-refractivity contribution in [1.29, 1.82) is 0 Å². The Morgan fingerprint density at radius 1 is 0.938 bits per heavy atom. The summed E-state index contributed by atoms with van der Waals surface area (Å²) in [6.07, 6.45) is 16.2. The summed E-state index contributed by atoms with van der Waals surface area (Å²) in [7, 11) is 0. The Morgan fingerprint density at radius 2 is 1.56 bits per heavy atom. The molecule has 0 aromatic heterocycles. The number of hydrogen-bond acceptors (Lipinski definition) is 0. The highest BCUT2D eigenvalue weighted by molar-refractivity contribution is 4.93. The molecule has 0 radical (unpaired) electrons. The van der Waals surface area contributed by atoms with Crippen molar-refractivity contribution in [3.8, 4) is 0 Å². The Balaban J connectivity index is 0. The third-order valence-electron chi connectivity index (χ3n) is 1.94. The van der Waals surface area contributed by atoms with Gasteiger partial charge in [-0.1, -0.05) is 36.0 Å². The van der Waals surface area contributed by atoms with Crippen LogP contribution in [0.5, 0.6) is 0 Å². The molecule has 0 saturated carbocycles. The average molecular weight is 220 g/mol. The van der Waals surface area contributed by atoms with Gasteiger partial charge in [-0.05, 0) is 52.9 Å². The summed E-state index contributed by atoms with van der Waals surface area (Å²) in [6, 6.07) is 0. The maximum Gasteiger partial charge on any atom is -0.0314 e. The van der Waals surface area contributed by atoms with E-state index in [0.717, 1.165) is 19.3 Å². The first-order valence-electron chi connectivity index (χ1n) is 6.15. The normalized spacial score (nSPS) is 9.19. The number of unbranched alkanes of at least 4 members (excludes halogenated alkanes) is 3. The van der Waals surface area contributed by atoms with E-state index >= 15 is 0 Å². The zero-order valence-corrected chi connectivity index (χ0v) is 11.3. The van der Waals surface area contributed by atoms with Crippen LogP contribution < -0.4 is 0 Å². The second-order valence-electron chi connectivity index (χ2n) is 3.94. The Morgan fingerprint density at radius 3 is 2.00 bits per heavy atom. The van der Waals surface area contributed by atoms with Crippen LogP contribution in [0.15, 0.2) is 49.1 Å². The first-order chi connectivity index (χ1) is 7.68. The molecule has 0 aliphatic rings. The largest absolute Gasteiger partial charge is 0.103 e. The Bertz CT molecular complexity index is 202. The number of rotatable bonds is 7. The minimum Gasteiger partial charge on any atom is -0.103 e. The van der Waals surface area contributed by atoms with Gasteiger partial charge in [0, 0.05) is 0 Å². The third-order valence-corrected chi connectivity index (χ3v) is 1.94. The fourth-order valence-corrected chi connectivity index (χ4v) is 1.04. The Hall–Kier alpha value is -1.04. The van der Waals surface area contributed by atoms with Gasteiger partial charge < -0.3 is 0 Å². The first-order valence-corrected chi connectivity index (χ1v) is 6.15. The van der Waals surface area contributed by atoms with E-state index in [9.17, 15) is 0 Å². The molecule has 0 bridgehead atoms. The maximum atomic E-state index is 3.63. The SMILES string of the molecule is C=CCCC=C(C)C.C=CCCCC=CC. The molecule has 0 aromatic rings. The Labute approximate surface area is 102 Å². The lowest BCUT2D eigenvalue weighted by Crippen LogP contribution is -1.65. The van der Waals surface area contributed by atoms with Crippen LogP contribution in [0.1, 0.15) is 52.9 Å². The monoisotopic (exact) mass is 220 g/mol. The molecular weight excluding hydrogens is 192 g/mol. The van der Waals surface area contributed by atoms with Crippen LogP contribution in [-0.4, -0.2) is 0 Å². The van der Waals surface area contributed by atoms with Gasteiger partial charge in [0.2, 0.25) is 0 Å². The van der Waals surface area contributed by atoms with E-state index in [4.69, 9.17) is 0 Å². The van der Waals surface area contributed by atoms with Gasteiger partial charge in [0.05, 0.1) is 0 Å². The van der Waals surface area contributed by atoms with E-state index in [1.165, 1.54) is 18.4 Å². The molecular formula is C16H28. The minimum atomic E-state index is 1.10. The van der Waals surface area contributed by atoms with E-state index < -0.39 is 0 Å². The van der Waals surface area contributed by atoms with Gasteiger partial charge in [-0.3, -0.25) is 0 Å². The molecule has 16 heavy (non-hydrogen) atoms. The predicted molar refractivity (Wildman–Crippen MR) is 77.7 cm³/mol. The van der Waals surface area contributed by atoms with Crippen molar-refractivity contribution < 1.29 is 0 Å². The van der Waals surface area contributed by atoms with Gasteiger partial charge in [-0.25, -0.2) is 0 Å². The van der Waals surface area contributed by atoms with Crippen molar-refractivity contribution in [1.82, 2.24) is 0 Å². The fourth-order valence-electron chi connectivity index (χ4n) is 1.04. The Kier molecular flexibility index (Phi) is 17.8. The molecule has 0 heterocycles. The summed E-state index contributed by atoms with van der Waals surface area (Å²) in [5, 5.41) is 0. The summed E-state index contributed by atoms with van der Waals surface area (Å²) in [4.78, 5) is 0. The molecule has 0 saturated heterocycles. The second-order valence-corrected chi connectivity index (χ2v) is 3.94. The zero-order valence-electron chi connectivity index (χ0n) is 11.3. The van der Waals surface area contributed by atoms with Gasteiger partial charge in [0.1, 0.15) is 0 Å². The van der Waals surface area contributed by atoms with Gasteiger partial charge in [0.15, 0.2) is 0 Å². The summed E-state index contributed by atoms with van der Waals surface area (Å²) < 4.78 is 0. The molecule has 92 valence electrons. The highest BCUT2D eigenvalue weighted by Crippen LogP contribution is 1.96. The zero-order chi connectivity index (χ0) is 12.6. The summed E-state index contributed by atoms with van der Waals surface area (Å²) >= 11 is 0.